The van der Waals surface area contributed by atoms with Crippen LogP contribution >= 0.6 is 0 Å². The molecule has 0 atom stereocenters. The molecule has 152 valence electrons. The van der Waals surface area contributed by atoms with E-state index in [-0.39, 0.29) is 0 Å². The molecule has 0 saturated heterocycles. The predicted octanol–water partition coefficient (Wildman–Crippen LogP) is 3.24. The summed E-state index contributed by atoms with van der Waals surface area (Å²) in [4.78, 5) is 4.30. The number of aryl methyl sites for hydroxylation is 2. The number of guanidine groups is 1. The van der Waals surface area contributed by atoms with Crippen molar-refractivity contribution in [3.63, 3.8) is 0 Å². The lowest BCUT2D eigenvalue weighted by atomic mass is 10.1. The third-order valence-electron chi connectivity index (χ3n) is 4.40. The fourth-order valence-electron chi connectivity index (χ4n) is 3.18. The quantitative estimate of drug-likeness (QED) is 0.540. The highest BCUT2D eigenvalue weighted by atomic mass is 16.5. The van der Waals surface area contributed by atoms with Crippen molar-refractivity contribution in [3.05, 3.63) is 52.6 Å². The number of aliphatic imine (C=N–C) groups is 1. The smallest absolute Gasteiger partial charge is 0.203 e. The average molecular weight is 386 g/mol. The van der Waals surface area contributed by atoms with E-state index in [9.17, 15) is 0 Å². The van der Waals surface area contributed by atoms with Gasteiger partial charge in [0.2, 0.25) is 5.75 Å². The molecule has 0 aliphatic rings. The Hall–Kier alpha value is -2.89. The SMILES string of the molecule is CN=C(NCCc1cc(C)cc(C)c1)NCc1cc(OC)c(OC)c(OC)c1. The molecule has 0 unspecified atom stereocenters. The molecular weight excluding hydrogens is 354 g/mol. The van der Waals surface area contributed by atoms with Gasteiger partial charge in [-0.05, 0) is 43.5 Å². The molecule has 0 bridgehead atoms. The number of rotatable bonds is 8. The molecule has 0 aromatic heterocycles. The summed E-state index contributed by atoms with van der Waals surface area (Å²) in [6, 6.07) is 10.5. The van der Waals surface area contributed by atoms with Gasteiger partial charge in [0.25, 0.3) is 0 Å². The fourth-order valence-corrected chi connectivity index (χ4v) is 3.18. The van der Waals surface area contributed by atoms with Crippen molar-refractivity contribution >= 4 is 5.96 Å². The second-order valence-electron chi connectivity index (χ2n) is 6.63. The van der Waals surface area contributed by atoms with Crippen LogP contribution in [0.15, 0.2) is 35.3 Å². The molecule has 0 amide bonds. The van der Waals surface area contributed by atoms with Crippen LogP contribution in [0.2, 0.25) is 0 Å². The maximum Gasteiger partial charge on any atom is 0.203 e. The van der Waals surface area contributed by atoms with Crippen LogP contribution in [-0.4, -0.2) is 40.9 Å². The van der Waals surface area contributed by atoms with Gasteiger partial charge in [0.05, 0.1) is 21.3 Å². The summed E-state index contributed by atoms with van der Waals surface area (Å²) in [7, 11) is 6.59. The highest BCUT2D eigenvalue weighted by Crippen LogP contribution is 2.38. The van der Waals surface area contributed by atoms with Crippen LogP contribution in [0.1, 0.15) is 22.3 Å². The van der Waals surface area contributed by atoms with Gasteiger partial charge in [0, 0.05) is 20.1 Å². The number of hydrogen-bond donors (Lipinski definition) is 2. The standard InChI is InChI=1S/C22H31N3O3/c1-15-9-16(2)11-17(10-15)7-8-24-22(23-3)25-14-18-12-19(26-4)21(28-6)20(13-18)27-5/h9-13H,7-8,14H2,1-6H3,(H2,23,24,25). The van der Waals surface area contributed by atoms with Crippen LogP contribution in [-0.2, 0) is 13.0 Å². The van der Waals surface area contributed by atoms with Crippen molar-refractivity contribution in [3.8, 4) is 17.2 Å². The van der Waals surface area contributed by atoms with Gasteiger partial charge in [-0.1, -0.05) is 29.3 Å². The lowest BCUT2D eigenvalue weighted by Crippen LogP contribution is -2.37. The molecule has 0 fully saturated rings. The molecule has 0 saturated carbocycles. The van der Waals surface area contributed by atoms with Crippen molar-refractivity contribution in [2.45, 2.75) is 26.8 Å². The molecule has 2 aromatic carbocycles. The van der Waals surface area contributed by atoms with Crippen molar-refractivity contribution in [1.82, 2.24) is 10.6 Å². The largest absolute Gasteiger partial charge is 0.493 e. The molecule has 0 spiro atoms. The molecule has 6 heteroatoms. The van der Waals surface area contributed by atoms with Crippen molar-refractivity contribution < 1.29 is 14.2 Å². The molecule has 6 nitrogen and oxygen atoms in total. The number of nitrogens with one attached hydrogen (secondary N) is 2. The minimum atomic E-state index is 0.583. The van der Waals surface area contributed by atoms with Crippen molar-refractivity contribution in [2.75, 3.05) is 34.9 Å². The van der Waals surface area contributed by atoms with Crippen molar-refractivity contribution in [2.24, 2.45) is 4.99 Å². The fraction of sp³-hybridized carbons (Fsp3) is 0.409. The molecule has 28 heavy (non-hydrogen) atoms. The first kappa shape index (κ1) is 21.4. The molecule has 2 aromatic rings. The highest BCUT2D eigenvalue weighted by Gasteiger charge is 2.13. The minimum absolute atomic E-state index is 0.583. The average Bonchev–Trinajstić information content (AvgIpc) is 2.68. The summed E-state index contributed by atoms with van der Waals surface area (Å²) < 4.78 is 16.2. The van der Waals surface area contributed by atoms with E-state index >= 15 is 0 Å². The van der Waals surface area contributed by atoms with Crippen molar-refractivity contribution in [1.29, 1.82) is 0 Å². The summed E-state index contributed by atoms with van der Waals surface area (Å²) in [5.41, 5.74) is 4.91. The molecule has 0 aliphatic carbocycles. The number of methoxy groups -OCH3 is 3. The zero-order valence-corrected chi connectivity index (χ0v) is 17.7. The van der Waals surface area contributed by atoms with Gasteiger partial charge in [-0.25, -0.2) is 0 Å². The Morgan fingerprint density at radius 3 is 1.93 bits per heavy atom. The summed E-state index contributed by atoms with van der Waals surface area (Å²) >= 11 is 0. The first-order chi connectivity index (χ1) is 13.5. The summed E-state index contributed by atoms with van der Waals surface area (Å²) in [6.45, 7) is 5.64. The second kappa shape index (κ2) is 10.4. The van der Waals surface area contributed by atoms with Crippen LogP contribution in [0.3, 0.4) is 0 Å². The first-order valence-corrected chi connectivity index (χ1v) is 9.31. The van der Waals surface area contributed by atoms with E-state index in [0.29, 0.717) is 23.8 Å². The maximum atomic E-state index is 5.41. The molecule has 0 heterocycles. The lowest BCUT2D eigenvalue weighted by molar-refractivity contribution is 0.323. The minimum Gasteiger partial charge on any atom is -0.493 e. The Balaban J connectivity index is 1.95. The Morgan fingerprint density at radius 2 is 1.43 bits per heavy atom. The van der Waals surface area contributed by atoms with Gasteiger partial charge in [0.15, 0.2) is 17.5 Å². The van der Waals surface area contributed by atoms with E-state index in [0.717, 1.165) is 24.5 Å². The topological polar surface area (TPSA) is 64.1 Å². The van der Waals surface area contributed by atoms with Crippen LogP contribution in [0.4, 0.5) is 0 Å². The predicted molar refractivity (Wildman–Crippen MR) is 114 cm³/mol. The van der Waals surface area contributed by atoms with Crippen LogP contribution in [0, 0.1) is 13.8 Å². The lowest BCUT2D eigenvalue weighted by Gasteiger charge is -2.16. The Labute approximate surface area is 167 Å². The van der Waals surface area contributed by atoms with E-state index in [1.807, 2.05) is 12.1 Å². The summed E-state index contributed by atoms with van der Waals surface area (Å²) in [5, 5.41) is 6.68. The van der Waals surface area contributed by atoms with E-state index < -0.39 is 0 Å². The molecular formula is C22H31N3O3. The molecule has 2 rings (SSSR count). The zero-order chi connectivity index (χ0) is 20.5. The molecule has 0 radical (unpaired) electrons. The number of ether oxygens (including phenoxy) is 3. The highest BCUT2D eigenvalue weighted by molar-refractivity contribution is 5.79. The van der Waals surface area contributed by atoms with Gasteiger partial charge in [-0.15, -0.1) is 0 Å². The van der Waals surface area contributed by atoms with Crippen LogP contribution in [0.5, 0.6) is 17.2 Å². The monoisotopic (exact) mass is 385 g/mol. The van der Waals surface area contributed by atoms with E-state index in [1.54, 1.807) is 28.4 Å². The molecule has 0 aliphatic heterocycles. The Kier molecular flexibility index (Phi) is 7.99. The van der Waals surface area contributed by atoms with Gasteiger partial charge >= 0.3 is 0 Å². The Morgan fingerprint density at radius 1 is 0.821 bits per heavy atom. The molecule has 2 N–H and O–H groups in total. The van der Waals surface area contributed by atoms with E-state index in [2.05, 4.69) is 47.7 Å². The number of hydrogen-bond acceptors (Lipinski definition) is 4. The third kappa shape index (κ3) is 5.81. The maximum absolute atomic E-state index is 5.41. The summed E-state index contributed by atoms with van der Waals surface area (Å²) in [5.74, 6) is 2.61. The van der Waals surface area contributed by atoms with Gasteiger partial charge in [0.1, 0.15) is 0 Å². The van der Waals surface area contributed by atoms with Gasteiger partial charge in [-0.3, -0.25) is 4.99 Å². The third-order valence-corrected chi connectivity index (χ3v) is 4.40. The van der Waals surface area contributed by atoms with E-state index in [1.165, 1.54) is 16.7 Å². The van der Waals surface area contributed by atoms with Crippen LogP contribution < -0.4 is 24.8 Å². The normalized spacial score (nSPS) is 11.1. The Bertz CT molecular complexity index is 773. The van der Waals surface area contributed by atoms with Gasteiger partial charge in [-0.2, -0.15) is 0 Å². The summed E-state index contributed by atoms with van der Waals surface area (Å²) in [6.07, 6.45) is 0.938. The van der Waals surface area contributed by atoms with E-state index in [4.69, 9.17) is 14.2 Å². The number of nitrogens with zero attached hydrogens (tertiary/aromatic N) is 1. The second-order valence-corrected chi connectivity index (χ2v) is 6.63. The zero-order valence-electron chi connectivity index (χ0n) is 17.7. The van der Waals surface area contributed by atoms with Gasteiger partial charge < -0.3 is 24.8 Å². The van der Waals surface area contributed by atoms with Crippen LogP contribution in [0.25, 0.3) is 0 Å². The number of benzene rings is 2. The first-order valence-electron chi connectivity index (χ1n) is 9.31.